The Labute approximate surface area is 222 Å². The number of ether oxygens (including phenoxy) is 2. The van der Waals surface area contributed by atoms with Crippen molar-refractivity contribution in [2.75, 3.05) is 6.61 Å². The van der Waals surface area contributed by atoms with E-state index >= 15 is 4.39 Å². The summed E-state index contributed by atoms with van der Waals surface area (Å²) in [5.74, 6) is -3.38. The Kier molecular flexibility index (Phi) is 8.44. The van der Waals surface area contributed by atoms with Gasteiger partial charge in [-0.15, -0.1) is 0 Å². The van der Waals surface area contributed by atoms with E-state index in [0.717, 1.165) is 31.2 Å². The van der Waals surface area contributed by atoms with Gasteiger partial charge in [0.25, 0.3) is 0 Å². The highest BCUT2D eigenvalue weighted by atomic mass is 19.2. The largest absolute Gasteiger partial charge is 0.423 e. The van der Waals surface area contributed by atoms with E-state index in [4.69, 9.17) is 9.47 Å². The zero-order valence-electron chi connectivity index (χ0n) is 21.9. The average molecular weight is 531 g/mol. The number of halogens is 3. The highest BCUT2D eigenvalue weighted by molar-refractivity contribution is 5.75. The fraction of sp³-hybridized carbons (Fsp3) is 0.581. The molecule has 7 heteroatoms. The molecule has 2 unspecified atom stereocenters. The number of epoxide rings is 1. The van der Waals surface area contributed by atoms with E-state index in [2.05, 4.69) is 0 Å². The molecule has 3 fully saturated rings. The van der Waals surface area contributed by atoms with Crippen LogP contribution < -0.4 is 4.74 Å². The number of hydrogen-bond donors (Lipinski definition) is 1. The summed E-state index contributed by atoms with van der Waals surface area (Å²) in [6.07, 6.45) is 6.70. The summed E-state index contributed by atoms with van der Waals surface area (Å²) in [5, 5.41) is 10.3. The molecule has 0 bridgehead atoms. The van der Waals surface area contributed by atoms with Gasteiger partial charge in [0.15, 0.2) is 11.6 Å². The Morgan fingerprint density at radius 2 is 1.61 bits per heavy atom. The van der Waals surface area contributed by atoms with Crippen LogP contribution in [0.4, 0.5) is 13.2 Å². The zero-order valence-corrected chi connectivity index (χ0v) is 21.9. The molecule has 1 N–H and O–H groups in total. The first-order chi connectivity index (χ1) is 18.4. The second-order valence-corrected chi connectivity index (χ2v) is 11.3. The lowest BCUT2D eigenvalue weighted by molar-refractivity contribution is -0.140. The first-order valence-electron chi connectivity index (χ1n) is 14.1. The SMILES string of the molecule is CCCC(O)C1CCC(c2ccc(OC(=O)C3CCC(c4ccc(C5CO5)c(F)c4)CC3)c(F)c2F)CC1. The number of carbonyl (C=O) groups is 1. The molecule has 2 aromatic carbocycles. The van der Waals surface area contributed by atoms with E-state index < -0.39 is 23.5 Å². The van der Waals surface area contributed by atoms with Crippen molar-refractivity contribution in [2.24, 2.45) is 11.8 Å². The molecule has 206 valence electrons. The second kappa shape index (κ2) is 11.8. The number of carbonyl (C=O) groups excluding carboxylic acids is 1. The number of aliphatic hydroxyl groups is 1. The maximum Gasteiger partial charge on any atom is 0.314 e. The smallest absolute Gasteiger partial charge is 0.314 e. The Bertz CT molecular complexity index is 1130. The maximum atomic E-state index is 15.0. The molecule has 2 atom stereocenters. The molecule has 5 rings (SSSR count). The Balaban J connectivity index is 1.15. The van der Waals surface area contributed by atoms with Gasteiger partial charge in [-0.05, 0) is 98.8 Å². The number of benzene rings is 2. The highest BCUT2D eigenvalue weighted by Gasteiger charge is 2.33. The van der Waals surface area contributed by atoms with Crippen molar-refractivity contribution < 1.29 is 32.5 Å². The van der Waals surface area contributed by atoms with Gasteiger partial charge in [0.05, 0.1) is 18.6 Å². The molecule has 2 saturated carbocycles. The summed E-state index contributed by atoms with van der Waals surface area (Å²) in [5.41, 5.74) is 1.82. The molecule has 0 aromatic heterocycles. The summed E-state index contributed by atoms with van der Waals surface area (Å²) in [6.45, 7) is 2.60. The van der Waals surface area contributed by atoms with E-state index in [9.17, 15) is 18.7 Å². The Morgan fingerprint density at radius 1 is 0.947 bits per heavy atom. The van der Waals surface area contributed by atoms with E-state index in [0.29, 0.717) is 56.3 Å². The standard InChI is InChI=1S/C31H37F3O4/c1-2-3-26(35)20-8-6-19(7-9-20)23-14-15-27(30(34)29(23)33)38-31(36)21-10-4-18(5-11-21)22-12-13-24(25(32)16-22)28-17-37-28/h12-16,18-21,26,28,35H,2-11,17H2,1H3. The van der Waals surface area contributed by atoms with Gasteiger partial charge in [-0.25, -0.2) is 8.78 Å². The van der Waals surface area contributed by atoms with Gasteiger partial charge in [-0.2, -0.15) is 4.39 Å². The van der Waals surface area contributed by atoms with Gasteiger partial charge in [-0.1, -0.05) is 31.5 Å². The maximum absolute atomic E-state index is 15.0. The molecule has 2 aliphatic carbocycles. The number of aliphatic hydroxyl groups excluding tert-OH is 1. The van der Waals surface area contributed by atoms with Crippen molar-refractivity contribution in [3.63, 3.8) is 0 Å². The molecule has 3 aliphatic rings. The Morgan fingerprint density at radius 3 is 2.24 bits per heavy atom. The van der Waals surface area contributed by atoms with Crippen LogP contribution in [0, 0.1) is 29.3 Å². The van der Waals surface area contributed by atoms with Crippen LogP contribution >= 0.6 is 0 Å². The first kappa shape index (κ1) is 27.2. The fourth-order valence-corrected chi connectivity index (χ4v) is 6.43. The molecule has 2 aromatic rings. The van der Waals surface area contributed by atoms with Gasteiger partial charge in [0.1, 0.15) is 11.9 Å². The molecule has 1 aliphatic heterocycles. The average Bonchev–Trinajstić information content (AvgIpc) is 3.77. The van der Waals surface area contributed by atoms with Crippen molar-refractivity contribution in [3.05, 3.63) is 64.5 Å². The van der Waals surface area contributed by atoms with E-state index in [1.807, 2.05) is 13.0 Å². The van der Waals surface area contributed by atoms with Crippen LogP contribution in [0.3, 0.4) is 0 Å². The van der Waals surface area contributed by atoms with Gasteiger partial charge in [0, 0.05) is 5.56 Å². The lowest BCUT2D eigenvalue weighted by Crippen LogP contribution is -2.26. The van der Waals surface area contributed by atoms with E-state index in [-0.39, 0.29) is 41.5 Å². The first-order valence-corrected chi connectivity index (χ1v) is 14.1. The summed E-state index contributed by atoms with van der Waals surface area (Å²) >= 11 is 0. The van der Waals surface area contributed by atoms with Crippen LogP contribution in [0.2, 0.25) is 0 Å². The van der Waals surface area contributed by atoms with E-state index in [1.54, 1.807) is 12.1 Å². The van der Waals surface area contributed by atoms with Crippen molar-refractivity contribution >= 4 is 5.97 Å². The third-order valence-corrected chi connectivity index (χ3v) is 8.86. The monoisotopic (exact) mass is 530 g/mol. The number of hydrogen-bond acceptors (Lipinski definition) is 4. The molecule has 0 amide bonds. The van der Waals surface area contributed by atoms with E-state index in [1.165, 1.54) is 12.1 Å². The third-order valence-electron chi connectivity index (χ3n) is 8.86. The molecular formula is C31H37F3O4. The molecule has 4 nitrogen and oxygen atoms in total. The van der Waals surface area contributed by atoms with Crippen molar-refractivity contribution in [1.82, 2.24) is 0 Å². The van der Waals surface area contributed by atoms with Crippen LogP contribution in [-0.2, 0) is 9.53 Å². The quantitative estimate of drug-likeness (QED) is 0.218. The van der Waals surface area contributed by atoms with Gasteiger partial charge < -0.3 is 14.6 Å². The second-order valence-electron chi connectivity index (χ2n) is 11.3. The minimum Gasteiger partial charge on any atom is -0.423 e. The van der Waals surface area contributed by atoms with Crippen LogP contribution in [0.15, 0.2) is 30.3 Å². The van der Waals surface area contributed by atoms with Crippen LogP contribution in [0.25, 0.3) is 0 Å². The molecule has 0 spiro atoms. The summed E-state index contributed by atoms with van der Waals surface area (Å²) in [6, 6.07) is 8.19. The molecule has 1 heterocycles. The highest BCUT2D eigenvalue weighted by Crippen LogP contribution is 2.41. The van der Waals surface area contributed by atoms with Crippen molar-refractivity contribution in [1.29, 1.82) is 0 Å². The van der Waals surface area contributed by atoms with Crippen LogP contribution in [0.1, 0.15) is 106 Å². The zero-order chi connectivity index (χ0) is 26.8. The van der Waals surface area contributed by atoms with Crippen LogP contribution in [-0.4, -0.2) is 23.8 Å². The van der Waals surface area contributed by atoms with Gasteiger partial charge >= 0.3 is 5.97 Å². The van der Waals surface area contributed by atoms with Gasteiger partial charge in [-0.3, -0.25) is 4.79 Å². The lowest BCUT2D eigenvalue weighted by Gasteiger charge is -2.32. The third kappa shape index (κ3) is 5.94. The number of rotatable bonds is 8. The summed E-state index contributed by atoms with van der Waals surface area (Å²) < 4.78 is 54.9. The van der Waals surface area contributed by atoms with Crippen molar-refractivity contribution in [3.8, 4) is 5.75 Å². The topological polar surface area (TPSA) is 59.1 Å². The molecule has 1 saturated heterocycles. The minimum atomic E-state index is -1.12. The minimum absolute atomic E-state index is 0.106. The summed E-state index contributed by atoms with van der Waals surface area (Å²) in [4.78, 5) is 12.8. The Hall–Kier alpha value is -2.38. The normalized spacial score (nSPS) is 28.1. The molecule has 0 radical (unpaired) electrons. The lowest BCUT2D eigenvalue weighted by atomic mass is 9.76. The molecule has 38 heavy (non-hydrogen) atoms. The van der Waals surface area contributed by atoms with Gasteiger partial charge in [0.2, 0.25) is 5.82 Å². The van der Waals surface area contributed by atoms with Crippen molar-refractivity contribution in [2.45, 2.75) is 95.2 Å². The predicted molar refractivity (Wildman–Crippen MR) is 137 cm³/mol. The van der Waals surface area contributed by atoms with Crippen LogP contribution in [0.5, 0.6) is 5.75 Å². The number of esters is 1. The predicted octanol–water partition coefficient (Wildman–Crippen LogP) is 7.49. The molecular weight excluding hydrogens is 493 g/mol. The summed E-state index contributed by atoms with van der Waals surface area (Å²) in [7, 11) is 0. The fourth-order valence-electron chi connectivity index (χ4n) is 6.43.